The molecule has 1 aliphatic heterocycles. The maximum Gasteiger partial charge on any atom is 0.149 e. The Bertz CT molecular complexity index is 636. The number of nitrogens with zero attached hydrogens (tertiary/aromatic N) is 3. The average molecular weight is 293 g/mol. The molecule has 2 heterocycles. The van der Waals surface area contributed by atoms with E-state index in [0.29, 0.717) is 6.04 Å². The number of phenols is 1. The monoisotopic (exact) mass is 293 g/mol. The minimum absolute atomic E-state index is 0.286. The fraction of sp³-hybridized carbons (Fsp3) is 0.385. The normalized spacial score (nSPS) is 19.3. The van der Waals surface area contributed by atoms with Gasteiger partial charge in [-0.2, -0.15) is 0 Å². The number of rotatable bonds is 3. The van der Waals surface area contributed by atoms with Crippen LogP contribution in [0.4, 0.5) is 0 Å². The molecular weight excluding hydrogens is 278 g/mol. The van der Waals surface area contributed by atoms with Gasteiger partial charge in [0, 0.05) is 12.3 Å². The Morgan fingerprint density at radius 1 is 1.42 bits per heavy atom. The predicted octanol–water partition coefficient (Wildman–Crippen LogP) is 2.43. The number of benzene rings is 1. The number of thioether (sulfide) groups is 1. The van der Waals surface area contributed by atoms with Crippen LogP contribution >= 0.6 is 23.1 Å². The van der Waals surface area contributed by atoms with Crippen LogP contribution in [0.1, 0.15) is 5.01 Å². The van der Waals surface area contributed by atoms with Crippen LogP contribution in [-0.4, -0.2) is 52.5 Å². The first-order chi connectivity index (χ1) is 9.11. The molecule has 1 atom stereocenters. The van der Waals surface area contributed by atoms with Crippen molar-refractivity contribution in [1.29, 1.82) is 0 Å². The Morgan fingerprint density at radius 3 is 3.05 bits per heavy atom. The van der Waals surface area contributed by atoms with Gasteiger partial charge in [-0.1, -0.05) is 0 Å². The summed E-state index contributed by atoms with van der Waals surface area (Å²) >= 11 is 3.37. The molecule has 0 radical (unpaired) electrons. The third-order valence-corrected chi connectivity index (χ3v) is 5.12. The molecule has 1 aromatic heterocycles. The Labute approximate surface area is 120 Å². The molecule has 0 saturated heterocycles. The molecular formula is C13H15N3OS2. The first-order valence-corrected chi connectivity index (χ1v) is 7.87. The number of fused-ring (bicyclic) bond motifs is 1. The summed E-state index contributed by atoms with van der Waals surface area (Å²) in [5.41, 5.74) is 0.928. The summed E-state index contributed by atoms with van der Waals surface area (Å²) in [6.45, 7) is 0.974. The Hall–Kier alpha value is -1.11. The molecule has 100 valence electrons. The molecule has 2 aromatic rings. The molecule has 6 heteroatoms. The Kier molecular flexibility index (Phi) is 3.47. The van der Waals surface area contributed by atoms with Gasteiger partial charge in [-0.25, -0.2) is 4.98 Å². The van der Waals surface area contributed by atoms with Gasteiger partial charge in [0.1, 0.15) is 15.8 Å². The van der Waals surface area contributed by atoms with Crippen molar-refractivity contribution >= 4 is 38.4 Å². The number of likely N-dealkylation sites (N-methyl/N-ethyl adjacent to an activating group) is 1. The van der Waals surface area contributed by atoms with Crippen molar-refractivity contribution in [2.75, 3.05) is 26.4 Å². The minimum Gasteiger partial charge on any atom is -0.508 e. The van der Waals surface area contributed by atoms with Crippen LogP contribution in [0.5, 0.6) is 5.75 Å². The van der Waals surface area contributed by atoms with Crippen LogP contribution in [0.15, 0.2) is 23.2 Å². The largest absolute Gasteiger partial charge is 0.508 e. The zero-order valence-corrected chi connectivity index (χ0v) is 12.5. The van der Waals surface area contributed by atoms with Crippen molar-refractivity contribution < 1.29 is 5.11 Å². The van der Waals surface area contributed by atoms with E-state index in [-0.39, 0.29) is 5.75 Å². The molecule has 1 unspecified atom stereocenters. The number of aromatic hydroxyl groups is 1. The van der Waals surface area contributed by atoms with Crippen LogP contribution in [-0.2, 0) is 0 Å². The number of hydrogen-bond acceptors (Lipinski definition) is 6. The van der Waals surface area contributed by atoms with Gasteiger partial charge in [-0.15, -0.1) is 23.1 Å². The second-order valence-electron chi connectivity index (χ2n) is 4.83. The van der Waals surface area contributed by atoms with E-state index in [0.717, 1.165) is 32.6 Å². The van der Waals surface area contributed by atoms with Crippen molar-refractivity contribution in [2.24, 2.45) is 4.99 Å². The van der Waals surface area contributed by atoms with E-state index >= 15 is 0 Å². The third kappa shape index (κ3) is 2.75. The topological polar surface area (TPSA) is 48.7 Å². The van der Waals surface area contributed by atoms with Crippen molar-refractivity contribution in [3.8, 4) is 5.75 Å². The van der Waals surface area contributed by atoms with Crippen LogP contribution in [0, 0.1) is 0 Å². The lowest BCUT2D eigenvalue weighted by Crippen LogP contribution is -2.24. The van der Waals surface area contributed by atoms with E-state index in [1.807, 2.05) is 6.07 Å². The molecule has 0 spiro atoms. The van der Waals surface area contributed by atoms with Crippen molar-refractivity contribution in [3.05, 3.63) is 23.2 Å². The Balaban J connectivity index is 1.88. The number of aliphatic imine (C=N–C) groups is 1. The van der Waals surface area contributed by atoms with E-state index in [9.17, 15) is 5.11 Å². The zero-order chi connectivity index (χ0) is 13.4. The number of thiazole rings is 1. The first kappa shape index (κ1) is 12.9. The highest BCUT2D eigenvalue weighted by Gasteiger charge is 2.22. The lowest BCUT2D eigenvalue weighted by molar-refractivity contribution is 0.387. The van der Waals surface area contributed by atoms with Gasteiger partial charge in [0.2, 0.25) is 0 Å². The summed E-state index contributed by atoms with van der Waals surface area (Å²) in [5.74, 6) is 1.31. The van der Waals surface area contributed by atoms with Crippen LogP contribution in [0.25, 0.3) is 10.2 Å². The lowest BCUT2D eigenvalue weighted by atomic mass is 10.3. The fourth-order valence-electron chi connectivity index (χ4n) is 2.05. The second-order valence-corrected chi connectivity index (χ2v) is 6.87. The van der Waals surface area contributed by atoms with Gasteiger partial charge in [0.05, 0.1) is 16.3 Å². The number of aromatic nitrogens is 1. The smallest absolute Gasteiger partial charge is 0.149 e. The van der Waals surface area contributed by atoms with Crippen molar-refractivity contribution in [1.82, 2.24) is 9.88 Å². The van der Waals surface area contributed by atoms with Gasteiger partial charge in [-0.05, 0) is 32.3 Å². The van der Waals surface area contributed by atoms with Crippen LogP contribution in [0.2, 0.25) is 0 Å². The molecule has 1 aliphatic rings. The standard InChI is InChI=1S/C13H15N3OS2/c1-16(2)6-8-7-18-12(14-8)13-15-10-4-3-9(17)5-11(10)19-13/h3-5,8,17H,6-7H2,1-2H3. The molecule has 0 saturated carbocycles. The lowest BCUT2D eigenvalue weighted by Gasteiger charge is -2.12. The maximum absolute atomic E-state index is 9.48. The van der Waals surface area contributed by atoms with E-state index in [1.54, 1.807) is 35.2 Å². The summed E-state index contributed by atoms with van der Waals surface area (Å²) in [6.07, 6.45) is 0. The van der Waals surface area contributed by atoms with E-state index in [2.05, 4.69) is 24.0 Å². The molecule has 1 aromatic carbocycles. The molecule has 0 bridgehead atoms. The predicted molar refractivity (Wildman–Crippen MR) is 82.6 cm³/mol. The van der Waals surface area contributed by atoms with Gasteiger partial charge in [0.15, 0.2) is 0 Å². The van der Waals surface area contributed by atoms with E-state index in [1.165, 1.54) is 0 Å². The SMILES string of the molecule is CN(C)CC1CSC(c2nc3ccc(O)cc3s2)=N1. The van der Waals surface area contributed by atoms with Crippen LogP contribution in [0.3, 0.4) is 0 Å². The highest BCUT2D eigenvalue weighted by molar-refractivity contribution is 8.15. The van der Waals surface area contributed by atoms with Gasteiger partial charge in [0.25, 0.3) is 0 Å². The quantitative estimate of drug-likeness (QED) is 0.944. The maximum atomic E-state index is 9.48. The minimum atomic E-state index is 0.286. The highest BCUT2D eigenvalue weighted by Crippen LogP contribution is 2.31. The summed E-state index contributed by atoms with van der Waals surface area (Å²) in [4.78, 5) is 11.5. The molecule has 0 fully saturated rings. The molecule has 1 N–H and O–H groups in total. The zero-order valence-electron chi connectivity index (χ0n) is 10.8. The first-order valence-electron chi connectivity index (χ1n) is 6.07. The molecule has 0 aliphatic carbocycles. The van der Waals surface area contributed by atoms with Gasteiger partial charge >= 0.3 is 0 Å². The number of hydrogen-bond donors (Lipinski definition) is 1. The highest BCUT2D eigenvalue weighted by atomic mass is 32.2. The third-order valence-electron chi connectivity index (χ3n) is 2.84. The molecule has 3 rings (SSSR count). The van der Waals surface area contributed by atoms with Gasteiger partial charge in [-0.3, -0.25) is 4.99 Å². The summed E-state index contributed by atoms with van der Waals surface area (Å²) in [5, 5.41) is 11.5. The van der Waals surface area contributed by atoms with Crippen molar-refractivity contribution in [2.45, 2.75) is 6.04 Å². The summed E-state index contributed by atoms with van der Waals surface area (Å²) in [6, 6.07) is 5.64. The number of phenolic OH excluding ortho intramolecular Hbond substituents is 1. The van der Waals surface area contributed by atoms with Crippen molar-refractivity contribution in [3.63, 3.8) is 0 Å². The molecule has 0 amide bonds. The van der Waals surface area contributed by atoms with Gasteiger partial charge < -0.3 is 10.0 Å². The van der Waals surface area contributed by atoms with E-state index in [4.69, 9.17) is 4.99 Å². The average Bonchev–Trinajstić information content (AvgIpc) is 2.93. The van der Waals surface area contributed by atoms with E-state index < -0.39 is 0 Å². The second kappa shape index (κ2) is 5.11. The molecule has 4 nitrogen and oxygen atoms in total. The fourth-order valence-corrected chi connectivity index (χ4v) is 4.17. The van der Waals surface area contributed by atoms with Crippen LogP contribution < -0.4 is 0 Å². The molecule has 19 heavy (non-hydrogen) atoms. The summed E-state index contributed by atoms with van der Waals surface area (Å²) < 4.78 is 1.01. The Morgan fingerprint density at radius 2 is 2.26 bits per heavy atom. The summed E-state index contributed by atoms with van der Waals surface area (Å²) in [7, 11) is 4.14.